The van der Waals surface area contributed by atoms with Crippen molar-refractivity contribution in [3.63, 3.8) is 0 Å². The average Bonchev–Trinajstić information content (AvgIpc) is 3.05. The number of imide groups is 1. The molecular weight excluding hydrogens is 388 g/mol. The molecule has 1 N–H and O–H groups in total. The lowest BCUT2D eigenvalue weighted by atomic mass is 10.0. The van der Waals surface area contributed by atoms with E-state index in [1.165, 1.54) is 10.5 Å². The van der Waals surface area contributed by atoms with E-state index in [0.29, 0.717) is 29.2 Å². The summed E-state index contributed by atoms with van der Waals surface area (Å²) in [5.74, 6) is -0.0448. The summed E-state index contributed by atoms with van der Waals surface area (Å²) in [5.41, 5.74) is 3.79. The summed E-state index contributed by atoms with van der Waals surface area (Å²) in [7, 11) is 0. The fraction of sp³-hybridized carbons (Fsp3) is 0.154. The number of aryl methyl sites for hydroxylation is 1. The first kappa shape index (κ1) is 20.4. The topological polar surface area (TPSA) is 58.6 Å². The van der Waals surface area contributed by atoms with Gasteiger partial charge >= 0.3 is 0 Å². The lowest BCUT2D eigenvalue weighted by Crippen LogP contribution is -2.32. The van der Waals surface area contributed by atoms with Crippen LogP contribution in [0, 0.1) is 0 Å². The van der Waals surface area contributed by atoms with Crippen LogP contribution in [0.3, 0.4) is 0 Å². The van der Waals surface area contributed by atoms with Crippen LogP contribution in [-0.4, -0.2) is 18.4 Å². The number of amides is 2. The molecule has 0 saturated carbocycles. The van der Waals surface area contributed by atoms with Crippen LogP contribution in [0.2, 0.25) is 0 Å². The second-order valence-electron chi connectivity index (χ2n) is 7.16. The van der Waals surface area contributed by atoms with Crippen molar-refractivity contribution in [1.82, 2.24) is 0 Å². The maximum atomic E-state index is 13.4. The molecule has 0 atom stereocenters. The third kappa shape index (κ3) is 4.08. The van der Waals surface area contributed by atoms with Gasteiger partial charge in [0.2, 0.25) is 0 Å². The number of hydrogen-bond acceptors (Lipinski definition) is 4. The quantitative estimate of drug-likeness (QED) is 0.552. The summed E-state index contributed by atoms with van der Waals surface area (Å²) in [6.45, 7) is 4.54. The van der Waals surface area contributed by atoms with Crippen LogP contribution in [-0.2, 0) is 16.0 Å². The monoisotopic (exact) mass is 412 g/mol. The number of hydrogen-bond donors (Lipinski definition) is 1. The molecule has 2 amide bonds. The van der Waals surface area contributed by atoms with Gasteiger partial charge in [0.05, 0.1) is 17.9 Å². The lowest BCUT2D eigenvalue weighted by molar-refractivity contribution is -0.120. The van der Waals surface area contributed by atoms with Gasteiger partial charge in [-0.2, -0.15) is 0 Å². The Labute approximate surface area is 182 Å². The number of nitrogens with zero attached hydrogens (tertiary/aromatic N) is 1. The molecule has 1 aliphatic rings. The molecule has 0 spiro atoms. The standard InChI is InChI=1S/C26H24N2O3/c1-3-18-10-12-20(13-11-18)27-24-23(19-8-6-5-7-9-19)25(29)28(26(24)30)21-14-16-22(17-15-21)31-4-2/h5-17,27H,3-4H2,1-2H3. The number of nitrogens with one attached hydrogen (secondary N) is 1. The van der Waals surface area contributed by atoms with Gasteiger partial charge in [-0.3, -0.25) is 9.59 Å². The Bertz CT molecular complexity index is 1120. The number of carbonyl (C=O) groups excluding carboxylic acids is 2. The number of ether oxygens (including phenoxy) is 1. The molecule has 1 aliphatic heterocycles. The highest BCUT2D eigenvalue weighted by Crippen LogP contribution is 2.34. The van der Waals surface area contributed by atoms with Crippen LogP contribution < -0.4 is 15.0 Å². The zero-order chi connectivity index (χ0) is 21.8. The van der Waals surface area contributed by atoms with Gasteiger partial charge in [-0.1, -0.05) is 49.4 Å². The van der Waals surface area contributed by atoms with Crippen molar-refractivity contribution in [3.05, 3.63) is 95.7 Å². The molecule has 0 saturated heterocycles. The van der Waals surface area contributed by atoms with Crippen LogP contribution >= 0.6 is 0 Å². The highest BCUT2D eigenvalue weighted by Gasteiger charge is 2.40. The normalized spacial score (nSPS) is 13.7. The first-order valence-electron chi connectivity index (χ1n) is 10.4. The molecule has 0 aliphatic carbocycles. The minimum absolute atomic E-state index is 0.273. The van der Waals surface area contributed by atoms with E-state index in [1.807, 2.05) is 61.5 Å². The second-order valence-corrected chi connectivity index (χ2v) is 7.16. The van der Waals surface area contributed by atoms with Crippen LogP contribution in [0.5, 0.6) is 5.75 Å². The minimum Gasteiger partial charge on any atom is -0.494 e. The summed E-state index contributed by atoms with van der Waals surface area (Å²) >= 11 is 0. The van der Waals surface area contributed by atoms with Gasteiger partial charge in [-0.05, 0) is 60.9 Å². The van der Waals surface area contributed by atoms with Crippen molar-refractivity contribution in [3.8, 4) is 5.75 Å². The van der Waals surface area contributed by atoms with E-state index in [4.69, 9.17) is 4.74 Å². The highest BCUT2D eigenvalue weighted by atomic mass is 16.5. The highest BCUT2D eigenvalue weighted by molar-refractivity contribution is 6.46. The van der Waals surface area contributed by atoms with E-state index in [9.17, 15) is 9.59 Å². The van der Waals surface area contributed by atoms with Gasteiger partial charge < -0.3 is 10.1 Å². The van der Waals surface area contributed by atoms with Crippen molar-refractivity contribution < 1.29 is 14.3 Å². The van der Waals surface area contributed by atoms with Crippen LogP contribution in [0.15, 0.2) is 84.6 Å². The predicted molar refractivity (Wildman–Crippen MR) is 123 cm³/mol. The van der Waals surface area contributed by atoms with Crippen molar-refractivity contribution in [2.45, 2.75) is 20.3 Å². The molecule has 0 radical (unpaired) electrons. The van der Waals surface area contributed by atoms with Gasteiger partial charge in [-0.25, -0.2) is 4.90 Å². The SMILES string of the molecule is CCOc1ccc(N2C(=O)C(Nc3ccc(CC)cc3)=C(c3ccccc3)C2=O)cc1. The fourth-order valence-corrected chi connectivity index (χ4v) is 3.58. The van der Waals surface area contributed by atoms with Gasteiger partial charge in [0.1, 0.15) is 11.4 Å². The number of carbonyl (C=O) groups is 2. The van der Waals surface area contributed by atoms with E-state index in [2.05, 4.69) is 12.2 Å². The van der Waals surface area contributed by atoms with Crippen molar-refractivity contribution in [2.75, 3.05) is 16.8 Å². The van der Waals surface area contributed by atoms with E-state index < -0.39 is 0 Å². The third-order valence-corrected chi connectivity index (χ3v) is 5.18. The number of benzene rings is 3. The van der Waals surface area contributed by atoms with Crippen LogP contribution in [0.1, 0.15) is 25.0 Å². The summed E-state index contributed by atoms with van der Waals surface area (Å²) in [4.78, 5) is 28.0. The Kier molecular flexibility index (Phi) is 5.85. The van der Waals surface area contributed by atoms with Crippen molar-refractivity contribution in [1.29, 1.82) is 0 Å². The van der Waals surface area contributed by atoms with Crippen molar-refractivity contribution >= 4 is 28.8 Å². The molecule has 0 bridgehead atoms. The van der Waals surface area contributed by atoms with E-state index in [0.717, 1.165) is 12.1 Å². The van der Waals surface area contributed by atoms with Crippen molar-refractivity contribution in [2.24, 2.45) is 0 Å². The maximum Gasteiger partial charge on any atom is 0.282 e. The van der Waals surface area contributed by atoms with Crippen LogP contribution in [0.25, 0.3) is 5.57 Å². The Balaban J connectivity index is 1.73. The molecule has 3 aromatic rings. The summed E-state index contributed by atoms with van der Waals surface area (Å²) in [6.07, 6.45) is 0.932. The first-order chi connectivity index (χ1) is 15.1. The molecule has 0 aromatic heterocycles. The van der Waals surface area contributed by atoms with Gasteiger partial charge in [-0.15, -0.1) is 0 Å². The Morgan fingerprint density at radius 2 is 1.48 bits per heavy atom. The summed E-state index contributed by atoms with van der Waals surface area (Å²) in [6, 6.07) is 24.1. The van der Waals surface area contributed by atoms with E-state index >= 15 is 0 Å². The van der Waals surface area contributed by atoms with Gasteiger partial charge in [0, 0.05) is 5.69 Å². The molecule has 0 fully saturated rings. The smallest absolute Gasteiger partial charge is 0.282 e. The second kappa shape index (κ2) is 8.88. The number of rotatable bonds is 7. The molecule has 31 heavy (non-hydrogen) atoms. The van der Waals surface area contributed by atoms with E-state index in [1.54, 1.807) is 24.3 Å². The Morgan fingerprint density at radius 1 is 0.806 bits per heavy atom. The minimum atomic E-state index is -0.382. The maximum absolute atomic E-state index is 13.4. The molecule has 5 nitrogen and oxygen atoms in total. The third-order valence-electron chi connectivity index (χ3n) is 5.18. The Hall–Kier alpha value is -3.86. The molecule has 3 aromatic carbocycles. The summed E-state index contributed by atoms with van der Waals surface area (Å²) in [5, 5.41) is 3.20. The zero-order valence-electron chi connectivity index (χ0n) is 17.6. The first-order valence-corrected chi connectivity index (χ1v) is 10.4. The summed E-state index contributed by atoms with van der Waals surface area (Å²) < 4.78 is 5.48. The molecular formula is C26H24N2O3. The molecule has 5 heteroatoms. The van der Waals surface area contributed by atoms with Crippen LogP contribution in [0.4, 0.5) is 11.4 Å². The predicted octanol–water partition coefficient (Wildman–Crippen LogP) is 5.04. The fourth-order valence-electron chi connectivity index (χ4n) is 3.58. The Morgan fingerprint density at radius 3 is 2.10 bits per heavy atom. The van der Waals surface area contributed by atoms with Gasteiger partial charge in [0.25, 0.3) is 11.8 Å². The molecule has 1 heterocycles. The van der Waals surface area contributed by atoms with E-state index in [-0.39, 0.29) is 17.5 Å². The average molecular weight is 412 g/mol. The largest absolute Gasteiger partial charge is 0.494 e. The molecule has 0 unspecified atom stereocenters. The number of anilines is 2. The molecule has 4 rings (SSSR count). The lowest BCUT2D eigenvalue weighted by Gasteiger charge is -2.16. The molecule has 156 valence electrons. The van der Waals surface area contributed by atoms with Gasteiger partial charge in [0.15, 0.2) is 0 Å². The zero-order valence-corrected chi connectivity index (χ0v) is 17.6.